The van der Waals surface area contributed by atoms with Crippen LogP contribution in [0.15, 0.2) is 47.9 Å². The number of nitriles is 1. The molecule has 1 atom stereocenters. The molecular weight excluding hydrogens is 440 g/mol. The predicted molar refractivity (Wildman–Crippen MR) is 126 cm³/mol. The molecule has 33 heavy (non-hydrogen) atoms. The van der Waals surface area contributed by atoms with Crippen molar-refractivity contribution in [2.24, 2.45) is 0 Å². The zero-order valence-corrected chi connectivity index (χ0v) is 20.0. The van der Waals surface area contributed by atoms with Crippen LogP contribution in [0.1, 0.15) is 22.7 Å². The summed E-state index contributed by atoms with van der Waals surface area (Å²) >= 11 is 1.30. The van der Waals surface area contributed by atoms with Crippen molar-refractivity contribution in [3.05, 3.63) is 59.4 Å². The van der Waals surface area contributed by atoms with Gasteiger partial charge in [-0.2, -0.15) is 5.26 Å². The van der Waals surface area contributed by atoms with Crippen molar-refractivity contribution in [1.82, 2.24) is 14.9 Å². The van der Waals surface area contributed by atoms with E-state index in [1.165, 1.54) is 33.1 Å². The third-order valence-electron chi connectivity index (χ3n) is 4.88. The summed E-state index contributed by atoms with van der Waals surface area (Å²) in [4.78, 5) is 17.0. The summed E-state index contributed by atoms with van der Waals surface area (Å²) in [5, 5.41) is 13.1. The highest BCUT2D eigenvalue weighted by molar-refractivity contribution is 7.99. The topological polar surface area (TPSA) is 98.4 Å². The number of imidazole rings is 1. The smallest absolute Gasteiger partial charge is 0.231 e. The maximum atomic E-state index is 12.7. The summed E-state index contributed by atoms with van der Waals surface area (Å²) in [7, 11) is 4.49. The number of amides is 1. The van der Waals surface area contributed by atoms with Crippen LogP contribution in [0.2, 0.25) is 0 Å². The van der Waals surface area contributed by atoms with Crippen LogP contribution in [0.3, 0.4) is 0 Å². The molecule has 3 rings (SSSR count). The molecule has 0 aliphatic rings. The first-order valence-corrected chi connectivity index (χ1v) is 11.1. The fraction of sp³-hybridized carbons (Fsp3) is 0.292. The summed E-state index contributed by atoms with van der Waals surface area (Å²) in [6.45, 7) is 4.08. The first-order chi connectivity index (χ1) is 15.9. The molecule has 1 unspecified atom stereocenters. The lowest BCUT2D eigenvalue weighted by Gasteiger charge is -2.17. The normalized spacial score (nSPS) is 11.4. The Morgan fingerprint density at radius 1 is 1.09 bits per heavy atom. The molecule has 0 spiro atoms. The molecule has 0 saturated carbocycles. The van der Waals surface area contributed by atoms with E-state index in [2.05, 4.69) is 34.6 Å². The molecule has 0 bridgehead atoms. The van der Waals surface area contributed by atoms with Gasteiger partial charge in [-0.25, -0.2) is 4.98 Å². The maximum Gasteiger partial charge on any atom is 0.231 e. The van der Waals surface area contributed by atoms with Crippen LogP contribution in [-0.4, -0.2) is 42.5 Å². The Bertz CT molecular complexity index is 1140. The number of thioether (sulfide) groups is 1. The van der Waals surface area contributed by atoms with E-state index in [0.717, 1.165) is 16.8 Å². The minimum Gasteiger partial charge on any atom is -0.493 e. The number of carbonyl (C=O) groups excluding carboxylic acids is 1. The van der Waals surface area contributed by atoms with Gasteiger partial charge < -0.3 is 19.5 Å². The monoisotopic (exact) mass is 466 g/mol. The molecule has 1 N–H and O–H groups in total. The average Bonchev–Trinajstić information content (AvgIpc) is 3.28. The predicted octanol–water partition coefficient (Wildman–Crippen LogP) is 3.99. The number of methoxy groups -OCH3 is 3. The summed E-state index contributed by atoms with van der Waals surface area (Å²) in [5.41, 5.74) is 3.81. The van der Waals surface area contributed by atoms with Crippen molar-refractivity contribution >= 4 is 17.7 Å². The van der Waals surface area contributed by atoms with Gasteiger partial charge in [-0.3, -0.25) is 9.36 Å². The van der Waals surface area contributed by atoms with Gasteiger partial charge in [-0.1, -0.05) is 17.8 Å². The SMILES string of the molecule is COc1cc(C(C#N)NC(=O)CSc2nccn2-c2cc(C)cc(C)c2)cc(OC)c1OC. The van der Waals surface area contributed by atoms with E-state index in [0.29, 0.717) is 28.0 Å². The van der Waals surface area contributed by atoms with Crippen molar-refractivity contribution in [3.8, 4) is 29.0 Å². The third kappa shape index (κ3) is 5.59. The van der Waals surface area contributed by atoms with Crippen LogP contribution in [0.4, 0.5) is 0 Å². The number of ether oxygens (including phenoxy) is 3. The standard InChI is InChI=1S/C24H26N4O4S/c1-15-8-16(2)10-18(9-15)28-7-6-26-24(28)33-14-22(29)27-19(13-25)17-11-20(30-3)23(32-5)21(12-17)31-4/h6-12,19H,14H2,1-5H3,(H,27,29). The van der Waals surface area contributed by atoms with Crippen LogP contribution < -0.4 is 19.5 Å². The Morgan fingerprint density at radius 2 is 1.73 bits per heavy atom. The van der Waals surface area contributed by atoms with Gasteiger partial charge >= 0.3 is 0 Å². The second kappa shape index (κ2) is 10.8. The van der Waals surface area contributed by atoms with Gasteiger partial charge in [-0.05, 0) is 54.8 Å². The van der Waals surface area contributed by atoms with Gasteiger partial charge in [0.15, 0.2) is 16.7 Å². The van der Waals surface area contributed by atoms with Crippen molar-refractivity contribution < 1.29 is 19.0 Å². The van der Waals surface area contributed by atoms with Crippen LogP contribution in [-0.2, 0) is 4.79 Å². The number of carbonyl (C=O) groups is 1. The summed E-state index contributed by atoms with van der Waals surface area (Å²) in [6, 6.07) is 10.8. The van der Waals surface area contributed by atoms with E-state index in [1.54, 1.807) is 18.3 Å². The van der Waals surface area contributed by atoms with Gasteiger partial charge in [0.05, 0.1) is 33.2 Å². The zero-order valence-electron chi connectivity index (χ0n) is 19.2. The fourth-order valence-corrected chi connectivity index (χ4v) is 4.26. The van der Waals surface area contributed by atoms with E-state index >= 15 is 0 Å². The number of nitrogens with zero attached hydrogens (tertiary/aromatic N) is 3. The number of nitrogens with one attached hydrogen (secondary N) is 1. The lowest BCUT2D eigenvalue weighted by Crippen LogP contribution is -2.29. The van der Waals surface area contributed by atoms with Crippen molar-refractivity contribution in [3.63, 3.8) is 0 Å². The van der Waals surface area contributed by atoms with E-state index < -0.39 is 6.04 Å². The molecule has 0 aliphatic heterocycles. The minimum absolute atomic E-state index is 0.102. The number of benzene rings is 2. The van der Waals surface area contributed by atoms with E-state index in [-0.39, 0.29) is 11.7 Å². The third-order valence-corrected chi connectivity index (χ3v) is 5.85. The Morgan fingerprint density at radius 3 is 2.27 bits per heavy atom. The van der Waals surface area contributed by atoms with Crippen molar-refractivity contribution in [2.75, 3.05) is 27.1 Å². The van der Waals surface area contributed by atoms with Crippen molar-refractivity contribution in [2.45, 2.75) is 25.0 Å². The Labute approximate surface area is 197 Å². The van der Waals surface area contributed by atoms with E-state index in [1.807, 2.05) is 24.6 Å². The number of aryl methyl sites for hydroxylation is 2. The first-order valence-electron chi connectivity index (χ1n) is 10.1. The zero-order chi connectivity index (χ0) is 24.0. The van der Waals surface area contributed by atoms with Crippen LogP contribution in [0.25, 0.3) is 5.69 Å². The quantitative estimate of drug-likeness (QED) is 0.476. The van der Waals surface area contributed by atoms with Gasteiger partial charge in [0, 0.05) is 18.1 Å². The molecule has 172 valence electrons. The lowest BCUT2D eigenvalue weighted by molar-refractivity contribution is -0.118. The van der Waals surface area contributed by atoms with Gasteiger partial charge in [-0.15, -0.1) is 0 Å². The molecule has 1 aromatic heterocycles. The highest BCUT2D eigenvalue weighted by Gasteiger charge is 2.20. The molecule has 0 radical (unpaired) electrons. The fourth-order valence-electron chi connectivity index (χ4n) is 3.47. The number of hydrogen-bond acceptors (Lipinski definition) is 7. The molecule has 2 aromatic carbocycles. The lowest BCUT2D eigenvalue weighted by atomic mass is 10.1. The van der Waals surface area contributed by atoms with Crippen molar-refractivity contribution in [1.29, 1.82) is 5.26 Å². The average molecular weight is 467 g/mol. The Hall–Kier alpha value is -3.64. The van der Waals surface area contributed by atoms with Gasteiger partial charge in [0.25, 0.3) is 0 Å². The van der Waals surface area contributed by atoms with Gasteiger partial charge in [0.2, 0.25) is 11.7 Å². The number of aromatic nitrogens is 2. The van der Waals surface area contributed by atoms with E-state index in [9.17, 15) is 10.1 Å². The molecular formula is C24H26N4O4S. The molecule has 0 aliphatic carbocycles. The second-order valence-electron chi connectivity index (χ2n) is 7.30. The Balaban J connectivity index is 1.73. The molecule has 0 fully saturated rings. The number of rotatable bonds is 9. The van der Waals surface area contributed by atoms with E-state index in [4.69, 9.17) is 14.2 Å². The highest BCUT2D eigenvalue weighted by Crippen LogP contribution is 2.39. The minimum atomic E-state index is -0.883. The largest absolute Gasteiger partial charge is 0.493 e. The summed E-state index contributed by atoms with van der Waals surface area (Å²) < 4.78 is 18.0. The second-order valence-corrected chi connectivity index (χ2v) is 8.25. The molecule has 9 heteroatoms. The number of hydrogen-bond donors (Lipinski definition) is 1. The van der Waals surface area contributed by atoms with Crippen LogP contribution >= 0.6 is 11.8 Å². The highest BCUT2D eigenvalue weighted by atomic mass is 32.2. The Kier molecular flexibility index (Phi) is 7.85. The molecule has 3 aromatic rings. The van der Waals surface area contributed by atoms with Gasteiger partial charge in [0.1, 0.15) is 6.04 Å². The molecule has 8 nitrogen and oxygen atoms in total. The summed E-state index contributed by atoms with van der Waals surface area (Å²) in [5.74, 6) is 1.04. The molecule has 1 amide bonds. The van der Waals surface area contributed by atoms with Crippen LogP contribution in [0, 0.1) is 25.2 Å². The maximum absolute atomic E-state index is 12.7. The van der Waals surface area contributed by atoms with Crippen LogP contribution in [0.5, 0.6) is 17.2 Å². The molecule has 1 heterocycles. The summed E-state index contributed by atoms with van der Waals surface area (Å²) in [6.07, 6.45) is 3.56. The molecule has 0 saturated heterocycles. The first kappa shape index (κ1) is 24.0.